The smallest absolute Gasteiger partial charge is 0.214 e. The monoisotopic (exact) mass is 384 g/mol. The summed E-state index contributed by atoms with van der Waals surface area (Å²) in [5, 5.41) is 38.0. The highest BCUT2D eigenvalue weighted by Crippen LogP contribution is 2.66. The average Bonchev–Trinajstić information content (AvgIpc) is 2.71. The Labute approximate surface area is 147 Å². The molecule has 0 aromatic heterocycles. The minimum absolute atomic E-state index is 0.391. The number of hydrogen-bond acceptors (Lipinski definition) is 6. The molecule has 3 rings (SSSR count). The summed E-state index contributed by atoms with van der Waals surface area (Å²) in [6.07, 6.45) is -1.04. The van der Waals surface area contributed by atoms with Gasteiger partial charge in [-0.15, -0.1) is 0 Å². The first-order valence-electron chi connectivity index (χ1n) is 7.27. The van der Waals surface area contributed by atoms with Crippen LogP contribution in [-0.4, -0.2) is 11.7 Å². The van der Waals surface area contributed by atoms with Gasteiger partial charge in [0.1, 0.15) is 6.10 Å². The van der Waals surface area contributed by atoms with Crippen LogP contribution in [0.25, 0.3) is 0 Å². The molecule has 0 spiro atoms. The molecule has 120 valence electrons. The van der Waals surface area contributed by atoms with Gasteiger partial charge in [0, 0.05) is 11.4 Å². The van der Waals surface area contributed by atoms with E-state index in [0.29, 0.717) is 10.0 Å². The molecule has 1 aromatic rings. The van der Waals surface area contributed by atoms with E-state index in [1.807, 2.05) is 12.1 Å². The van der Waals surface area contributed by atoms with Crippen molar-refractivity contribution in [1.29, 1.82) is 21.2 Å². The maximum absolute atomic E-state index is 9.93. The number of halogens is 1. The van der Waals surface area contributed by atoms with Crippen LogP contribution in [0, 0.1) is 56.2 Å². The van der Waals surface area contributed by atoms with Gasteiger partial charge in [0.15, 0.2) is 5.41 Å². The molecule has 2 bridgehead atoms. The second-order valence-electron chi connectivity index (χ2n) is 6.14. The van der Waals surface area contributed by atoms with Crippen molar-refractivity contribution in [1.82, 2.24) is 0 Å². The maximum atomic E-state index is 9.93. The van der Waals surface area contributed by atoms with Gasteiger partial charge >= 0.3 is 0 Å². The molecule has 0 radical (unpaired) electrons. The lowest BCUT2D eigenvalue weighted by atomic mass is 9.54. The van der Waals surface area contributed by atoms with E-state index in [0.717, 1.165) is 0 Å². The first-order chi connectivity index (χ1) is 11.3. The van der Waals surface area contributed by atoms with Gasteiger partial charge in [-0.1, -0.05) is 41.1 Å². The lowest BCUT2D eigenvalue weighted by Crippen LogP contribution is -2.57. The van der Waals surface area contributed by atoms with E-state index < -0.39 is 34.5 Å². The summed E-state index contributed by atoms with van der Waals surface area (Å²) in [5.41, 5.74) is -3.04. The number of nitrogens with one attached hydrogen (secondary N) is 1. The molecule has 2 heterocycles. The Hall–Kier alpha value is -2.40. The molecule has 1 aromatic carbocycles. The predicted octanol–water partition coefficient (Wildman–Crippen LogP) is 3.42. The number of hydrogen-bond donors (Lipinski definition) is 1. The molecule has 4 atom stereocenters. The van der Waals surface area contributed by atoms with Crippen LogP contribution in [0.5, 0.6) is 0 Å². The fourth-order valence-corrected chi connectivity index (χ4v) is 4.17. The first kappa shape index (κ1) is 16.5. The molecule has 0 amide bonds. The largest absolute Gasteiger partial charge is 0.448 e. The Morgan fingerprint density at radius 1 is 1.17 bits per heavy atom. The summed E-state index contributed by atoms with van der Waals surface area (Å²) in [5.74, 6) is -2.30. The molecule has 2 aliphatic rings. The summed E-state index contributed by atoms with van der Waals surface area (Å²) in [4.78, 5) is 0. The average molecular weight is 385 g/mol. The molecule has 0 saturated carbocycles. The Morgan fingerprint density at radius 2 is 1.79 bits per heavy atom. The molecule has 7 heteroatoms. The highest BCUT2D eigenvalue weighted by atomic mass is 79.9. The number of ether oxygens (including phenoxy) is 2. The topological polar surface area (TPSA) is 114 Å². The zero-order valence-corrected chi connectivity index (χ0v) is 14.6. The van der Waals surface area contributed by atoms with Gasteiger partial charge in [0.2, 0.25) is 17.1 Å². The quantitative estimate of drug-likeness (QED) is 0.796. The number of nitriles is 3. The van der Waals surface area contributed by atoms with Gasteiger partial charge in [-0.3, -0.25) is 5.41 Å². The summed E-state index contributed by atoms with van der Waals surface area (Å²) >= 11 is 3.41. The Morgan fingerprint density at radius 3 is 2.33 bits per heavy atom. The van der Waals surface area contributed by atoms with Crippen molar-refractivity contribution in [3.05, 3.63) is 34.3 Å². The Kier molecular flexibility index (Phi) is 3.46. The van der Waals surface area contributed by atoms with Crippen molar-refractivity contribution in [2.75, 3.05) is 0 Å². The van der Waals surface area contributed by atoms with Gasteiger partial charge in [-0.25, -0.2) is 0 Å². The summed E-state index contributed by atoms with van der Waals surface area (Å²) in [7, 11) is 0. The predicted molar refractivity (Wildman–Crippen MR) is 86.1 cm³/mol. The van der Waals surface area contributed by atoms with Crippen molar-refractivity contribution in [3.63, 3.8) is 0 Å². The van der Waals surface area contributed by atoms with E-state index in [2.05, 4.69) is 22.0 Å². The SMILES string of the molecule is CC1C2(C)OC(=N)C1(C#N)C(C#N)(C#N)C(c1ccccc1Br)O2. The number of benzene rings is 1. The van der Waals surface area contributed by atoms with Gasteiger partial charge in [-0.2, -0.15) is 15.8 Å². The fourth-order valence-electron chi connectivity index (χ4n) is 3.68. The van der Waals surface area contributed by atoms with E-state index in [4.69, 9.17) is 14.9 Å². The summed E-state index contributed by atoms with van der Waals surface area (Å²) < 4.78 is 12.3. The van der Waals surface area contributed by atoms with Crippen LogP contribution < -0.4 is 0 Å². The van der Waals surface area contributed by atoms with E-state index in [-0.39, 0.29) is 0 Å². The lowest BCUT2D eigenvalue weighted by molar-refractivity contribution is -0.269. The Bertz CT molecular complexity index is 851. The van der Waals surface area contributed by atoms with Crippen molar-refractivity contribution >= 4 is 21.8 Å². The van der Waals surface area contributed by atoms with Gasteiger partial charge in [-0.05, 0) is 11.6 Å². The van der Waals surface area contributed by atoms with Gasteiger partial charge < -0.3 is 9.47 Å². The fraction of sp³-hybridized carbons (Fsp3) is 0.412. The summed E-state index contributed by atoms with van der Waals surface area (Å²) in [6, 6.07) is 13.1. The van der Waals surface area contributed by atoms with Crippen LogP contribution in [0.15, 0.2) is 28.7 Å². The minimum atomic E-state index is -1.90. The van der Waals surface area contributed by atoms with E-state index in [1.165, 1.54) is 0 Å². The molecule has 1 N–H and O–H groups in total. The third-order valence-corrected chi connectivity index (χ3v) is 5.91. The van der Waals surface area contributed by atoms with Gasteiger partial charge in [0.25, 0.3) is 0 Å². The zero-order valence-electron chi connectivity index (χ0n) is 13.0. The normalized spacial score (nSPS) is 36.1. The number of fused-ring (bicyclic) bond motifs is 2. The van der Waals surface area contributed by atoms with Crippen LogP contribution >= 0.6 is 15.9 Å². The van der Waals surface area contributed by atoms with Crippen molar-refractivity contribution < 1.29 is 9.47 Å². The Balaban J connectivity index is 2.36. The van der Waals surface area contributed by atoms with Crippen LogP contribution in [0.3, 0.4) is 0 Å². The highest BCUT2D eigenvalue weighted by Gasteiger charge is 2.78. The molecule has 2 fully saturated rings. The minimum Gasteiger partial charge on any atom is -0.448 e. The highest BCUT2D eigenvalue weighted by molar-refractivity contribution is 9.10. The molecule has 2 aliphatic heterocycles. The van der Waals surface area contributed by atoms with Crippen molar-refractivity contribution in [2.24, 2.45) is 16.7 Å². The van der Waals surface area contributed by atoms with Crippen LogP contribution in [-0.2, 0) is 9.47 Å². The molecule has 0 aliphatic carbocycles. The number of nitrogens with zero attached hydrogens (tertiary/aromatic N) is 3. The maximum Gasteiger partial charge on any atom is 0.214 e. The second-order valence-corrected chi connectivity index (χ2v) is 6.99. The zero-order chi connectivity index (χ0) is 17.8. The van der Waals surface area contributed by atoms with Crippen LogP contribution in [0.2, 0.25) is 0 Å². The van der Waals surface area contributed by atoms with Crippen LogP contribution in [0.1, 0.15) is 25.5 Å². The molecular formula is C17H13BrN4O2. The summed E-state index contributed by atoms with van der Waals surface area (Å²) in [6.45, 7) is 3.30. The first-order valence-corrected chi connectivity index (χ1v) is 8.06. The van der Waals surface area contributed by atoms with Crippen molar-refractivity contribution in [2.45, 2.75) is 25.7 Å². The van der Waals surface area contributed by atoms with Gasteiger partial charge in [0.05, 0.1) is 24.1 Å². The van der Waals surface area contributed by atoms with E-state index in [9.17, 15) is 15.8 Å². The number of rotatable bonds is 1. The third kappa shape index (κ3) is 1.62. The molecular weight excluding hydrogens is 372 g/mol. The van der Waals surface area contributed by atoms with E-state index >= 15 is 0 Å². The standard InChI is InChI=1S/C17H13BrN4O2/c1-10-15(2)23-13(11-5-3-4-6-12(11)18)16(7-19,8-20)17(10,9-21)14(22)24-15/h3-6,10,13,22H,1-2H3. The lowest BCUT2D eigenvalue weighted by Gasteiger charge is -2.47. The molecule has 4 unspecified atom stereocenters. The molecule has 6 nitrogen and oxygen atoms in total. The molecule has 2 saturated heterocycles. The molecule has 24 heavy (non-hydrogen) atoms. The van der Waals surface area contributed by atoms with Crippen molar-refractivity contribution in [3.8, 4) is 18.2 Å². The van der Waals surface area contributed by atoms with Crippen LogP contribution in [0.4, 0.5) is 0 Å². The van der Waals surface area contributed by atoms with E-state index in [1.54, 1.807) is 38.1 Å². The second kappa shape index (κ2) is 5.05. The third-order valence-electron chi connectivity index (χ3n) is 5.18.